The molecule has 20 heteroatoms. The van der Waals surface area contributed by atoms with E-state index in [0.29, 0.717) is 25.8 Å². The van der Waals surface area contributed by atoms with Crippen molar-refractivity contribution in [3.8, 4) is 0 Å². The average Bonchev–Trinajstić information content (AvgIpc) is 3.15. The third-order valence-electron chi connectivity index (χ3n) is 9.28. The van der Waals surface area contributed by atoms with Crippen LogP contribution in [-0.2, 0) is 40.0 Å². The number of amides is 7. The van der Waals surface area contributed by atoms with Gasteiger partial charge in [-0.1, -0.05) is 38.0 Å². The summed E-state index contributed by atoms with van der Waals surface area (Å²) in [4.78, 5) is 92.7. The Morgan fingerprint density at radius 3 is 2.30 bits per heavy atom. The second kappa shape index (κ2) is 25.7. The lowest BCUT2D eigenvalue weighted by atomic mass is 10.0. The molecule has 19 nitrogen and oxygen atoms in total. The topological polar surface area (TPSA) is 318 Å². The number of carbonyl (C=O) groups excluding carboxylic acids is 7. The van der Waals surface area contributed by atoms with Crippen molar-refractivity contribution in [2.24, 2.45) is 17.2 Å². The van der Waals surface area contributed by atoms with Gasteiger partial charge in [0.1, 0.15) is 30.0 Å². The van der Waals surface area contributed by atoms with Crippen LogP contribution in [0.1, 0.15) is 83.6 Å². The van der Waals surface area contributed by atoms with Crippen LogP contribution in [0.25, 0.3) is 0 Å². The summed E-state index contributed by atoms with van der Waals surface area (Å²) in [6, 6.07) is -0.794. The van der Waals surface area contributed by atoms with Crippen LogP contribution in [0.15, 0.2) is 24.3 Å². The van der Waals surface area contributed by atoms with E-state index in [1.54, 1.807) is 6.07 Å². The van der Waals surface area contributed by atoms with E-state index in [1.807, 2.05) is 6.92 Å². The first-order valence-corrected chi connectivity index (χ1v) is 19.4. The van der Waals surface area contributed by atoms with E-state index in [0.717, 1.165) is 6.42 Å². The van der Waals surface area contributed by atoms with E-state index in [4.69, 9.17) is 22.6 Å². The Hall–Kier alpha value is -5.37. The molecule has 1 aliphatic heterocycles. The SMILES string of the molecule is CCCC[C@H](NC(C)=O)C(=O)N[C@H]1CCC(=O)NCC[C@@H](C(N)=O)NC[C@H](CCCNC(=N)N)NC(=O)[C@@H](Cc2ccccc2F)NC(=O)[C@H](CCCN)NC1=O. The third kappa shape index (κ3) is 18.4. The first-order chi connectivity index (χ1) is 27.1. The number of rotatable bonds is 16. The highest BCUT2D eigenvalue weighted by molar-refractivity contribution is 5.96. The number of guanidine groups is 1. The standard InChI is InChI=1S/C37H61FN12O7/c1-3-4-12-27(46-22(2)51)33(54)49-29-14-15-31(52)43-19-16-26(32(40)53)45-21-24(10-8-18-44-37(41)42)47-36(57)30(20-23-9-5-6-11-25(23)38)50-34(55)28(13-7-17-39)48-35(29)56/h5-6,9,11,24,26-30,45H,3-4,7-8,10,12-21,39H2,1-2H3,(H2,40,53)(H,43,52)(H,46,51)(H,47,57)(H,48,56)(H,49,54)(H,50,55)(H4,41,42,44)/t24-,26-,27-,28-,29-,30+/m0/s1. The van der Waals surface area contributed by atoms with Gasteiger partial charge < -0.3 is 59.7 Å². The molecule has 57 heavy (non-hydrogen) atoms. The van der Waals surface area contributed by atoms with E-state index in [2.05, 4.69) is 42.5 Å². The lowest BCUT2D eigenvalue weighted by molar-refractivity contribution is -0.135. The number of nitrogens with two attached hydrogens (primary N) is 3. The molecule has 15 N–H and O–H groups in total. The van der Waals surface area contributed by atoms with Gasteiger partial charge in [-0.05, 0) is 63.1 Å². The Labute approximate surface area is 332 Å². The van der Waals surface area contributed by atoms with Gasteiger partial charge in [0, 0.05) is 45.4 Å². The van der Waals surface area contributed by atoms with Crippen LogP contribution in [0.5, 0.6) is 0 Å². The minimum Gasteiger partial charge on any atom is -0.370 e. The minimum atomic E-state index is -1.35. The van der Waals surface area contributed by atoms with E-state index in [1.165, 1.54) is 25.1 Å². The number of unbranched alkanes of at least 4 members (excludes halogenated alkanes) is 1. The van der Waals surface area contributed by atoms with Crippen molar-refractivity contribution in [2.75, 3.05) is 26.2 Å². The van der Waals surface area contributed by atoms with Gasteiger partial charge in [0.05, 0.1) is 6.04 Å². The van der Waals surface area contributed by atoms with E-state index >= 15 is 0 Å². The lowest BCUT2D eigenvalue weighted by Crippen LogP contribution is -2.59. The fourth-order valence-corrected chi connectivity index (χ4v) is 6.14. The molecule has 0 aliphatic carbocycles. The fourth-order valence-electron chi connectivity index (χ4n) is 6.14. The first-order valence-electron chi connectivity index (χ1n) is 19.4. The van der Waals surface area contributed by atoms with Crippen molar-refractivity contribution in [1.29, 1.82) is 5.41 Å². The molecule has 0 unspecified atom stereocenters. The predicted octanol–water partition coefficient (Wildman–Crippen LogP) is -2.25. The van der Waals surface area contributed by atoms with Crippen LogP contribution in [0.4, 0.5) is 4.39 Å². The molecule has 1 aromatic carbocycles. The molecule has 1 saturated heterocycles. The maximum atomic E-state index is 14.9. The first kappa shape index (κ1) is 47.8. The molecule has 7 amide bonds. The van der Waals surface area contributed by atoms with Gasteiger partial charge in [-0.2, -0.15) is 0 Å². The summed E-state index contributed by atoms with van der Waals surface area (Å²) in [6.07, 6.45) is 1.99. The zero-order chi connectivity index (χ0) is 42.3. The monoisotopic (exact) mass is 804 g/mol. The largest absolute Gasteiger partial charge is 0.370 e. The number of hydrogen-bond donors (Lipinski definition) is 12. The molecule has 1 fully saturated rings. The number of carbonyl (C=O) groups is 7. The van der Waals surface area contributed by atoms with Crippen molar-refractivity contribution in [3.63, 3.8) is 0 Å². The maximum Gasteiger partial charge on any atom is 0.243 e. The van der Waals surface area contributed by atoms with E-state index in [9.17, 15) is 38.0 Å². The Balaban J connectivity index is 2.55. The van der Waals surface area contributed by atoms with Crippen molar-refractivity contribution < 1.29 is 38.0 Å². The number of nitrogens with one attached hydrogen (secondary N) is 9. The highest BCUT2D eigenvalue weighted by atomic mass is 19.1. The number of hydrogen-bond acceptors (Lipinski definition) is 10. The molecule has 6 atom stereocenters. The van der Waals surface area contributed by atoms with Gasteiger partial charge in [0.25, 0.3) is 0 Å². The van der Waals surface area contributed by atoms with Crippen LogP contribution in [0, 0.1) is 11.2 Å². The van der Waals surface area contributed by atoms with Crippen LogP contribution >= 0.6 is 0 Å². The zero-order valence-corrected chi connectivity index (χ0v) is 32.8. The zero-order valence-electron chi connectivity index (χ0n) is 32.8. The molecule has 1 aliphatic rings. The van der Waals surface area contributed by atoms with Gasteiger partial charge in [0.15, 0.2) is 5.96 Å². The van der Waals surface area contributed by atoms with Gasteiger partial charge in [-0.15, -0.1) is 0 Å². The third-order valence-corrected chi connectivity index (χ3v) is 9.28. The van der Waals surface area contributed by atoms with Crippen molar-refractivity contribution >= 4 is 47.3 Å². The summed E-state index contributed by atoms with van der Waals surface area (Å²) in [6.45, 7) is 3.65. The maximum absolute atomic E-state index is 14.9. The summed E-state index contributed by atoms with van der Waals surface area (Å²) in [5, 5.41) is 29.2. The number of primary amides is 1. The molecule has 0 aromatic heterocycles. The van der Waals surface area contributed by atoms with Gasteiger partial charge in [-0.3, -0.25) is 39.0 Å². The second-order valence-electron chi connectivity index (χ2n) is 14.0. The Bertz CT molecular complexity index is 1530. The molecule has 2 rings (SSSR count). The highest BCUT2D eigenvalue weighted by Gasteiger charge is 2.32. The van der Waals surface area contributed by atoms with Gasteiger partial charge >= 0.3 is 0 Å². The van der Waals surface area contributed by atoms with Gasteiger partial charge in [0.2, 0.25) is 41.4 Å². The smallest absolute Gasteiger partial charge is 0.243 e. The minimum absolute atomic E-state index is 0.00808. The molecule has 0 spiro atoms. The summed E-state index contributed by atoms with van der Waals surface area (Å²) < 4.78 is 14.9. The Kier molecular flexibility index (Phi) is 21.6. The number of halogens is 1. The molecule has 1 heterocycles. The molecular weight excluding hydrogens is 743 g/mol. The molecule has 318 valence electrons. The summed E-state index contributed by atoms with van der Waals surface area (Å²) >= 11 is 0. The normalized spacial score (nSPS) is 22.1. The van der Waals surface area contributed by atoms with Gasteiger partial charge in [-0.25, -0.2) is 4.39 Å². The quantitative estimate of drug-likeness (QED) is 0.0481. The average molecular weight is 805 g/mol. The molecule has 1 aromatic rings. The van der Waals surface area contributed by atoms with Crippen molar-refractivity contribution in [1.82, 2.24) is 42.5 Å². The summed E-state index contributed by atoms with van der Waals surface area (Å²) in [5.74, 6) is -5.48. The van der Waals surface area contributed by atoms with E-state index < -0.39 is 83.4 Å². The molecule has 0 saturated carbocycles. The Morgan fingerprint density at radius 2 is 1.65 bits per heavy atom. The van der Waals surface area contributed by atoms with Crippen LogP contribution in [0.2, 0.25) is 0 Å². The summed E-state index contributed by atoms with van der Waals surface area (Å²) in [5.41, 5.74) is 17.0. The van der Waals surface area contributed by atoms with Crippen molar-refractivity contribution in [3.05, 3.63) is 35.6 Å². The summed E-state index contributed by atoms with van der Waals surface area (Å²) in [7, 11) is 0. The van der Waals surface area contributed by atoms with Crippen LogP contribution < -0.4 is 59.7 Å². The molecular formula is C37H61FN12O7. The molecule has 0 radical (unpaired) electrons. The lowest BCUT2D eigenvalue weighted by Gasteiger charge is -2.28. The van der Waals surface area contributed by atoms with Crippen molar-refractivity contribution in [2.45, 2.75) is 121 Å². The van der Waals surface area contributed by atoms with Crippen LogP contribution in [-0.4, -0.2) is 110 Å². The second-order valence-corrected chi connectivity index (χ2v) is 14.0. The highest BCUT2D eigenvalue weighted by Crippen LogP contribution is 2.12. The Morgan fingerprint density at radius 1 is 0.947 bits per heavy atom. The van der Waals surface area contributed by atoms with Crippen LogP contribution in [0.3, 0.4) is 0 Å². The predicted molar refractivity (Wildman–Crippen MR) is 210 cm³/mol. The fraction of sp³-hybridized carbons (Fsp3) is 0.622. The number of benzene rings is 1. The molecule has 0 bridgehead atoms. The van der Waals surface area contributed by atoms with E-state index in [-0.39, 0.29) is 76.1 Å².